The maximum absolute atomic E-state index is 11.7. The van der Waals surface area contributed by atoms with Crippen molar-refractivity contribution in [1.82, 2.24) is 0 Å². The van der Waals surface area contributed by atoms with Crippen LogP contribution >= 0.6 is 22.6 Å². The first kappa shape index (κ1) is 8.50. The van der Waals surface area contributed by atoms with E-state index < -0.39 is 0 Å². The van der Waals surface area contributed by atoms with Crippen molar-refractivity contribution < 1.29 is 9.53 Å². The predicted molar refractivity (Wildman–Crippen MR) is 56.6 cm³/mol. The van der Waals surface area contributed by atoms with Gasteiger partial charge in [-0.2, -0.15) is 0 Å². The SMILES string of the molecule is C[C@@H]1[C@H]2C[C@H]3[C@H](OC(=O)[C@]13C)[C@@H]2I. The van der Waals surface area contributed by atoms with Crippen LogP contribution in [-0.4, -0.2) is 16.0 Å². The minimum absolute atomic E-state index is 0.0664. The molecule has 1 heterocycles. The lowest BCUT2D eigenvalue weighted by atomic mass is 9.69. The first-order chi connectivity index (χ1) is 6.06. The van der Waals surface area contributed by atoms with Crippen LogP contribution in [0.5, 0.6) is 0 Å². The second-order valence-electron chi connectivity index (χ2n) is 4.89. The van der Waals surface area contributed by atoms with Gasteiger partial charge in [-0.05, 0) is 25.2 Å². The smallest absolute Gasteiger partial charge is 0.312 e. The molecule has 0 aromatic heterocycles. The molecule has 3 aliphatic rings. The average molecular weight is 292 g/mol. The molecule has 13 heavy (non-hydrogen) atoms. The van der Waals surface area contributed by atoms with Gasteiger partial charge in [0.1, 0.15) is 6.10 Å². The molecule has 0 radical (unpaired) electrons. The molecule has 2 aliphatic carbocycles. The summed E-state index contributed by atoms with van der Waals surface area (Å²) in [6.07, 6.45) is 1.45. The number of rotatable bonds is 0. The molecule has 0 amide bonds. The quantitative estimate of drug-likeness (QED) is 0.388. The van der Waals surface area contributed by atoms with Crippen LogP contribution < -0.4 is 0 Å². The number of ether oxygens (including phenoxy) is 1. The van der Waals surface area contributed by atoms with Crippen LogP contribution in [0, 0.1) is 23.2 Å². The second-order valence-corrected chi connectivity index (χ2v) is 6.33. The van der Waals surface area contributed by atoms with Gasteiger partial charge < -0.3 is 4.74 Å². The Bertz CT molecular complexity index is 291. The van der Waals surface area contributed by atoms with E-state index in [1.807, 2.05) is 0 Å². The summed E-state index contributed by atoms with van der Waals surface area (Å²) in [5, 5.41) is 0. The summed E-state index contributed by atoms with van der Waals surface area (Å²) in [5.41, 5.74) is -0.142. The zero-order chi connectivity index (χ0) is 9.38. The van der Waals surface area contributed by atoms with E-state index in [9.17, 15) is 4.79 Å². The maximum Gasteiger partial charge on any atom is 0.312 e. The Hall–Kier alpha value is 0.200. The molecule has 0 aromatic rings. The van der Waals surface area contributed by atoms with E-state index in [0.717, 1.165) is 0 Å². The second kappa shape index (κ2) is 2.23. The molecule has 2 nitrogen and oxygen atoms in total. The highest BCUT2D eigenvalue weighted by molar-refractivity contribution is 14.1. The number of esters is 1. The van der Waals surface area contributed by atoms with Crippen molar-refractivity contribution in [1.29, 1.82) is 0 Å². The third-order valence-electron chi connectivity index (χ3n) is 4.69. The highest BCUT2D eigenvalue weighted by Gasteiger charge is 2.70. The molecule has 6 atom stereocenters. The van der Waals surface area contributed by atoms with Gasteiger partial charge in [-0.1, -0.05) is 29.5 Å². The molecule has 3 fully saturated rings. The third-order valence-corrected chi connectivity index (χ3v) is 6.32. The summed E-state index contributed by atoms with van der Waals surface area (Å²) >= 11 is 2.47. The van der Waals surface area contributed by atoms with Gasteiger partial charge in [-0.3, -0.25) is 4.79 Å². The van der Waals surface area contributed by atoms with E-state index in [2.05, 4.69) is 36.4 Å². The Labute approximate surface area is 91.5 Å². The molecule has 3 rings (SSSR count). The monoisotopic (exact) mass is 292 g/mol. The number of hydrogen-bond donors (Lipinski definition) is 0. The lowest BCUT2D eigenvalue weighted by molar-refractivity contribution is -0.148. The standard InChI is InChI=1S/C10H13IO2/c1-4-5-3-6-8(7(5)11)13-9(12)10(4,6)2/h4-8H,3H2,1-2H3/t4-,5-,6+,7-,8+,10-/m1/s1. The summed E-state index contributed by atoms with van der Waals surface area (Å²) in [7, 11) is 0. The van der Waals surface area contributed by atoms with Crippen molar-refractivity contribution in [2.24, 2.45) is 23.2 Å². The number of halogens is 1. The number of hydrogen-bond acceptors (Lipinski definition) is 2. The summed E-state index contributed by atoms with van der Waals surface area (Å²) in [5.74, 6) is 1.82. The lowest BCUT2D eigenvalue weighted by Gasteiger charge is -2.32. The summed E-state index contributed by atoms with van der Waals surface area (Å²) in [6, 6.07) is 0. The van der Waals surface area contributed by atoms with Crippen LogP contribution in [0.4, 0.5) is 0 Å². The van der Waals surface area contributed by atoms with Crippen molar-refractivity contribution in [3.8, 4) is 0 Å². The van der Waals surface area contributed by atoms with Gasteiger partial charge in [0.2, 0.25) is 0 Å². The van der Waals surface area contributed by atoms with Gasteiger partial charge in [-0.25, -0.2) is 0 Å². The molecule has 0 unspecified atom stereocenters. The zero-order valence-electron chi connectivity index (χ0n) is 7.79. The van der Waals surface area contributed by atoms with Crippen molar-refractivity contribution >= 4 is 28.6 Å². The largest absolute Gasteiger partial charge is 0.460 e. The predicted octanol–water partition coefficient (Wildman–Crippen LogP) is 2.01. The van der Waals surface area contributed by atoms with Crippen molar-refractivity contribution in [3.05, 3.63) is 0 Å². The number of carbonyl (C=O) groups excluding carboxylic acids is 1. The maximum atomic E-state index is 11.7. The van der Waals surface area contributed by atoms with E-state index >= 15 is 0 Å². The van der Waals surface area contributed by atoms with Gasteiger partial charge >= 0.3 is 5.97 Å². The Morgan fingerprint density at radius 1 is 1.62 bits per heavy atom. The summed E-state index contributed by atoms with van der Waals surface area (Å²) in [4.78, 5) is 11.7. The molecule has 2 bridgehead atoms. The van der Waals surface area contributed by atoms with Gasteiger partial charge in [0, 0.05) is 5.92 Å². The molecule has 0 N–H and O–H groups in total. The first-order valence-electron chi connectivity index (χ1n) is 4.92. The molecule has 0 spiro atoms. The Morgan fingerprint density at radius 3 is 2.92 bits per heavy atom. The fourth-order valence-corrected chi connectivity index (χ4v) is 5.17. The fraction of sp³-hybridized carbons (Fsp3) is 0.900. The van der Waals surface area contributed by atoms with Crippen LogP contribution in [0.2, 0.25) is 0 Å². The van der Waals surface area contributed by atoms with Crippen molar-refractivity contribution in [2.75, 3.05) is 0 Å². The topological polar surface area (TPSA) is 26.3 Å². The van der Waals surface area contributed by atoms with E-state index in [1.54, 1.807) is 0 Å². The number of alkyl halides is 1. The molecule has 0 aromatic carbocycles. The van der Waals surface area contributed by atoms with Crippen LogP contribution in [-0.2, 0) is 9.53 Å². The Morgan fingerprint density at radius 2 is 2.31 bits per heavy atom. The van der Waals surface area contributed by atoms with Gasteiger partial charge in [-0.15, -0.1) is 0 Å². The van der Waals surface area contributed by atoms with Gasteiger partial charge in [0.05, 0.1) is 9.34 Å². The van der Waals surface area contributed by atoms with E-state index in [0.29, 0.717) is 21.7 Å². The highest BCUT2D eigenvalue weighted by Crippen LogP contribution is 2.66. The third kappa shape index (κ3) is 0.713. The number of fused-ring (bicyclic) bond motifs is 1. The van der Waals surface area contributed by atoms with Crippen LogP contribution in [0.3, 0.4) is 0 Å². The minimum Gasteiger partial charge on any atom is -0.460 e. The molecule has 1 aliphatic heterocycles. The average Bonchev–Trinajstić information content (AvgIpc) is 2.60. The first-order valence-corrected chi connectivity index (χ1v) is 6.16. The number of carbonyl (C=O) groups is 1. The van der Waals surface area contributed by atoms with Gasteiger partial charge in [0.25, 0.3) is 0 Å². The summed E-state index contributed by atoms with van der Waals surface area (Å²) < 4.78 is 6.05. The van der Waals surface area contributed by atoms with Crippen molar-refractivity contribution in [3.63, 3.8) is 0 Å². The normalized spacial score (nSPS) is 63.0. The zero-order valence-corrected chi connectivity index (χ0v) is 9.95. The van der Waals surface area contributed by atoms with E-state index in [-0.39, 0.29) is 17.5 Å². The van der Waals surface area contributed by atoms with Crippen LogP contribution in [0.15, 0.2) is 0 Å². The molecule has 3 heteroatoms. The lowest BCUT2D eigenvalue weighted by Crippen LogP contribution is -2.39. The molecule has 72 valence electrons. The van der Waals surface area contributed by atoms with E-state index in [4.69, 9.17) is 4.74 Å². The Kier molecular flexibility index (Phi) is 1.46. The molecule has 2 saturated carbocycles. The van der Waals surface area contributed by atoms with Crippen LogP contribution in [0.25, 0.3) is 0 Å². The minimum atomic E-state index is -0.142. The van der Waals surface area contributed by atoms with Crippen molar-refractivity contribution in [2.45, 2.75) is 30.3 Å². The van der Waals surface area contributed by atoms with Gasteiger partial charge in [0.15, 0.2) is 0 Å². The molecular weight excluding hydrogens is 279 g/mol. The van der Waals surface area contributed by atoms with Crippen LogP contribution in [0.1, 0.15) is 20.3 Å². The molecule has 1 saturated heterocycles. The highest BCUT2D eigenvalue weighted by atomic mass is 127. The summed E-state index contributed by atoms with van der Waals surface area (Å²) in [6.45, 7) is 4.33. The Balaban J connectivity index is 2.13. The fourth-order valence-electron chi connectivity index (χ4n) is 3.61. The molecular formula is C10H13IO2. The van der Waals surface area contributed by atoms with E-state index in [1.165, 1.54) is 6.42 Å².